The average molecular weight is 205 g/mol. The van der Waals surface area contributed by atoms with Crippen LogP contribution in [0.3, 0.4) is 0 Å². The van der Waals surface area contributed by atoms with Gasteiger partial charge in [-0.1, -0.05) is 12.8 Å². The van der Waals surface area contributed by atoms with Gasteiger partial charge in [0.2, 0.25) is 0 Å². The number of fused-ring (bicyclic) bond motifs is 1. The van der Waals surface area contributed by atoms with Crippen molar-refractivity contribution in [2.24, 2.45) is 7.05 Å². The maximum absolute atomic E-state index is 4.75. The van der Waals surface area contributed by atoms with Gasteiger partial charge in [-0.2, -0.15) is 5.10 Å². The van der Waals surface area contributed by atoms with Crippen LogP contribution in [0, 0.1) is 0 Å². The average Bonchev–Trinajstić information content (AvgIpc) is 2.87. The first-order chi connectivity index (χ1) is 7.36. The van der Waals surface area contributed by atoms with Gasteiger partial charge < -0.3 is 5.32 Å². The fraction of sp³-hybridized carbons (Fsp3) is 0.750. The van der Waals surface area contributed by atoms with Crippen molar-refractivity contribution >= 4 is 0 Å². The number of nitrogens with zero attached hydrogens (tertiary/aromatic N) is 2. The number of nitrogens with one attached hydrogen (secondary N) is 1. The topological polar surface area (TPSA) is 29.9 Å². The molecule has 1 saturated carbocycles. The zero-order valence-electron chi connectivity index (χ0n) is 9.42. The van der Waals surface area contributed by atoms with E-state index in [0.29, 0.717) is 0 Å². The SMILES string of the molecule is Cn1nc(C2CCCC2)c2c1CCNC2. The number of aryl methyl sites for hydroxylation is 1. The van der Waals surface area contributed by atoms with Gasteiger partial charge in [0.05, 0.1) is 5.69 Å². The van der Waals surface area contributed by atoms with Gasteiger partial charge >= 0.3 is 0 Å². The van der Waals surface area contributed by atoms with Gasteiger partial charge in [0.1, 0.15) is 0 Å². The van der Waals surface area contributed by atoms with Crippen LogP contribution in [0.1, 0.15) is 48.6 Å². The number of hydrogen-bond acceptors (Lipinski definition) is 2. The Bertz CT molecular complexity index is 361. The van der Waals surface area contributed by atoms with Gasteiger partial charge in [0.25, 0.3) is 0 Å². The van der Waals surface area contributed by atoms with Gasteiger partial charge in [-0.3, -0.25) is 4.68 Å². The molecule has 0 spiro atoms. The first-order valence-electron chi connectivity index (χ1n) is 6.11. The van der Waals surface area contributed by atoms with Crippen LogP contribution < -0.4 is 5.32 Å². The van der Waals surface area contributed by atoms with E-state index in [-0.39, 0.29) is 0 Å². The number of aromatic nitrogens is 2. The summed E-state index contributed by atoms with van der Waals surface area (Å²) < 4.78 is 2.11. The van der Waals surface area contributed by atoms with Crippen molar-refractivity contribution in [3.05, 3.63) is 17.0 Å². The number of rotatable bonds is 1. The second kappa shape index (κ2) is 3.63. The summed E-state index contributed by atoms with van der Waals surface area (Å²) >= 11 is 0. The van der Waals surface area contributed by atoms with Gasteiger partial charge in [-0.05, 0) is 12.8 Å². The Kier molecular flexibility index (Phi) is 2.28. The lowest BCUT2D eigenvalue weighted by atomic mass is 9.96. The third-order valence-electron chi connectivity index (χ3n) is 3.89. The predicted octanol–water partition coefficient (Wildman–Crippen LogP) is 1.72. The highest BCUT2D eigenvalue weighted by molar-refractivity contribution is 5.31. The lowest BCUT2D eigenvalue weighted by Crippen LogP contribution is -2.24. The first kappa shape index (κ1) is 9.40. The van der Waals surface area contributed by atoms with Crippen molar-refractivity contribution in [2.75, 3.05) is 6.54 Å². The molecule has 1 fully saturated rings. The third-order valence-corrected chi connectivity index (χ3v) is 3.89. The van der Waals surface area contributed by atoms with Crippen LogP contribution in [0.25, 0.3) is 0 Å². The van der Waals surface area contributed by atoms with E-state index in [2.05, 4.69) is 17.0 Å². The summed E-state index contributed by atoms with van der Waals surface area (Å²) in [6.45, 7) is 2.14. The standard InChI is InChI=1S/C12H19N3/c1-15-11-6-7-13-8-10(11)12(14-15)9-4-2-3-5-9/h9,13H,2-8H2,1H3. The maximum Gasteiger partial charge on any atom is 0.0703 e. The molecule has 3 heteroatoms. The molecule has 3 nitrogen and oxygen atoms in total. The van der Waals surface area contributed by atoms with Crippen molar-refractivity contribution in [2.45, 2.75) is 44.6 Å². The second-order valence-corrected chi connectivity index (χ2v) is 4.84. The third kappa shape index (κ3) is 1.49. The first-order valence-corrected chi connectivity index (χ1v) is 6.11. The molecule has 1 aliphatic carbocycles. The van der Waals surface area contributed by atoms with Crippen LogP contribution >= 0.6 is 0 Å². The molecule has 0 aromatic carbocycles. The highest BCUT2D eigenvalue weighted by Gasteiger charge is 2.26. The molecule has 0 unspecified atom stereocenters. The highest BCUT2D eigenvalue weighted by atomic mass is 15.3. The fourth-order valence-corrected chi connectivity index (χ4v) is 3.08. The predicted molar refractivity (Wildman–Crippen MR) is 59.8 cm³/mol. The zero-order valence-corrected chi connectivity index (χ0v) is 9.42. The molecule has 0 bridgehead atoms. The highest BCUT2D eigenvalue weighted by Crippen LogP contribution is 2.36. The minimum Gasteiger partial charge on any atom is -0.312 e. The summed E-state index contributed by atoms with van der Waals surface area (Å²) in [6, 6.07) is 0. The molecule has 3 rings (SSSR count). The van der Waals surface area contributed by atoms with Crippen LogP contribution in [-0.2, 0) is 20.0 Å². The monoisotopic (exact) mass is 205 g/mol. The lowest BCUT2D eigenvalue weighted by Gasteiger charge is -2.15. The Morgan fingerprint density at radius 1 is 1.33 bits per heavy atom. The van der Waals surface area contributed by atoms with Gasteiger partial charge in [0, 0.05) is 43.7 Å². The molecule has 0 saturated heterocycles. The van der Waals surface area contributed by atoms with Gasteiger partial charge in [-0.15, -0.1) is 0 Å². The Morgan fingerprint density at radius 3 is 2.93 bits per heavy atom. The smallest absolute Gasteiger partial charge is 0.0703 e. The quantitative estimate of drug-likeness (QED) is 0.756. The van der Waals surface area contributed by atoms with Crippen LogP contribution in [0.15, 0.2) is 0 Å². The van der Waals surface area contributed by atoms with E-state index in [0.717, 1.165) is 25.4 Å². The Labute approximate surface area is 90.9 Å². The maximum atomic E-state index is 4.75. The Balaban J connectivity index is 1.99. The summed E-state index contributed by atoms with van der Waals surface area (Å²) in [5.41, 5.74) is 4.38. The normalized spacial score (nSPS) is 21.9. The van der Waals surface area contributed by atoms with E-state index in [1.54, 1.807) is 0 Å². The van der Waals surface area contributed by atoms with E-state index in [4.69, 9.17) is 5.10 Å². The summed E-state index contributed by atoms with van der Waals surface area (Å²) in [4.78, 5) is 0. The van der Waals surface area contributed by atoms with Crippen molar-refractivity contribution in [1.82, 2.24) is 15.1 Å². The van der Waals surface area contributed by atoms with Crippen molar-refractivity contribution in [3.8, 4) is 0 Å². The molecule has 0 radical (unpaired) electrons. The molecule has 1 aromatic rings. The summed E-state index contributed by atoms with van der Waals surface area (Å²) in [6.07, 6.45) is 6.63. The molecule has 0 atom stereocenters. The summed E-state index contributed by atoms with van der Waals surface area (Å²) in [5, 5.41) is 8.22. The fourth-order valence-electron chi connectivity index (χ4n) is 3.08. The largest absolute Gasteiger partial charge is 0.312 e. The molecule has 1 aliphatic heterocycles. The minimum atomic E-state index is 0.750. The van der Waals surface area contributed by atoms with E-state index < -0.39 is 0 Å². The van der Waals surface area contributed by atoms with E-state index in [9.17, 15) is 0 Å². The van der Waals surface area contributed by atoms with Crippen LogP contribution in [0.4, 0.5) is 0 Å². The van der Waals surface area contributed by atoms with Crippen LogP contribution in [0.2, 0.25) is 0 Å². The second-order valence-electron chi connectivity index (χ2n) is 4.84. The van der Waals surface area contributed by atoms with Crippen molar-refractivity contribution in [1.29, 1.82) is 0 Å². The minimum absolute atomic E-state index is 0.750. The molecule has 2 aliphatic rings. The molecule has 0 amide bonds. The van der Waals surface area contributed by atoms with E-state index in [1.165, 1.54) is 42.6 Å². The van der Waals surface area contributed by atoms with Crippen LogP contribution in [0.5, 0.6) is 0 Å². The summed E-state index contributed by atoms with van der Waals surface area (Å²) in [5.74, 6) is 0.750. The van der Waals surface area contributed by atoms with E-state index >= 15 is 0 Å². The Hall–Kier alpha value is -0.830. The molecular weight excluding hydrogens is 186 g/mol. The number of hydrogen-bond donors (Lipinski definition) is 1. The zero-order chi connectivity index (χ0) is 10.3. The van der Waals surface area contributed by atoms with Gasteiger partial charge in [-0.25, -0.2) is 0 Å². The Morgan fingerprint density at radius 2 is 2.13 bits per heavy atom. The molecule has 1 N–H and O–H groups in total. The lowest BCUT2D eigenvalue weighted by molar-refractivity contribution is 0.604. The van der Waals surface area contributed by atoms with Crippen molar-refractivity contribution < 1.29 is 0 Å². The van der Waals surface area contributed by atoms with Gasteiger partial charge in [0.15, 0.2) is 0 Å². The van der Waals surface area contributed by atoms with E-state index in [1.807, 2.05) is 0 Å². The summed E-state index contributed by atoms with van der Waals surface area (Å²) in [7, 11) is 2.10. The molecular formula is C12H19N3. The molecule has 1 aromatic heterocycles. The molecule has 15 heavy (non-hydrogen) atoms. The van der Waals surface area contributed by atoms with Crippen LogP contribution in [-0.4, -0.2) is 16.3 Å². The van der Waals surface area contributed by atoms with Crippen molar-refractivity contribution in [3.63, 3.8) is 0 Å². The molecule has 2 heterocycles. The molecule has 82 valence electrons.